The lowest BCUT2D eigenvalue weighted by molar-refractivity contribution is -0.126. The van der Waals surface area contributed by atoms with E-state index in [0.717, 1.165) is 4.47 Å². The van der Waals surface area contributed by atoms with Gasteiger partial charge in [0.2, 0.25) is 11.8 Å². The Kier molecular flexibility index (Phi) is 5.00. The third-order valence-electron chi connectivity index (χ3n) is 3.17. The molecular formula is C13H15BrN2O4S. The van der Waals surface area contributed by atoms with Crippen molar-refractivity contribution in [3.05, 3.63) is 28.7 Å². The number of hydrogen-bond acceptors (Lipinski definition) is 4. The van der Waals surface area contributed by atoms with E-state index in [0.29, 0.717) is 12.1 Å². The van der Waals surface area contributed by atoms with Crippen molar-refractivity contribution in [3.63, 3.8) is 0 Å². The molecule has 0 aliphatic carbocycles. The van der Waals surface area contributed by atoms with Gasteiger partial charge in [0.15, 0.2) is 9.84 Å². The quantitative estimate of drug-likeness (QED) is 0.819. The topological polar surface area (TPSA) is 92.3 Å². The summed E-state index contributed by atoms with van der Waals surface area (Å²) in [5.41, 5.74) is 0.611. The molecule has 2 N–H and O–H groups in total. The number of hydrogen-bond donors (Lipinski definition) is 2. The van der Waals surface area contributed by atoms with Crippen molar-refractivity contribution in [2.75, 3.05) is 23.4 Å². The molecule has 114 valence electrons. The average molecular weight is 375 g/mol. The van der Waals surface area contributed by atoms with E-state index >= 15 is 0 Å². The highest BCUT2D eigenvalue weighted by molar-refractivity contribution is 9.10. The molecule has 0 spiro atoms. The van der Waals surface area contributed by atoms with E-state index in [1.807, 2.05) is 6.07 Å². The molecule has 1 heterocycles. The lowest BCUT2D eigenvalue weighted by atomic mass is 10.1. The number of anilines is 1. The molecule has 0 bridgehead atoms. The Morgan fingerprint density at radius 3 is 2.62 bits per heavy atom. The minimum atomic E-state index is -3.10. The molecule has 2 rings (SSSR count). The summed E-state index contributed by atoms with van der Waals surface area (Å²) in [7, 11) is -3.10. The van der Waals surface area contributed by atoms with Gasteiger partial charge in [-0.2, -0.15) is 0 Å². The van der Waals surface area contributed by atoms with Crippen LogP contribution in [0.5, 0.6) is 0 Å². The fourth-order valence-corrected chi connectivity index (χ4v) is 4.20. The second-order valence-electron chi connectivity index (χ2n) is 4.85. The van der Waals surface area contributed by atoms with Crippen molar-refractivity contribution in [1.82, 2.24) is 5.32 Å². The summed E-state index contributed by atoms with van der Waals surface area (Å²) >= 11 is 3.30. The normalized spacial score (nSPS) is 20.0. The Morgan fingerprint density at radius 1 is 1.29 bits per heavy atom. The summed E-state index contributed by atoms with van der Waals surface area (Å²) in [6.45, 7) is -0.184. The largest absolute Gasteiger partial charge is 0.347 e. The van der Waals surface area contributed by atoms with Gasteiger partial charge in [0, 0.05) is 4.47 Å². The van der Waals surface area contributed by atoms with Crippen LogP contribution in [-0.2, 0) is 19.4 Å². The smallest absolute Gasteiger partial charge is 0.243 e. The molecule has 0 radical (unpaired) electrons. The molecule has 1 atom stereocenters. The van der Waals surface area contributed by atoms with Gasteiger partial charge in [-0.1, -0.05) is 12.1 Å². The molecule has 0 aromatic heterocycles. The van der Waals surface area contributed by atoms with E-state index in [-0.39, 0.29) is 24.0 Å². The Balaban J connectivity index is 1.82. The van der Waals surface area contributed by atoms with Crippen LogP contribution >= 0.6 is 15.9 Å². The molecule has 0 unspecified atom stereocenters. The van der Waals surface area contributed by atoms with E-state index in [1.165, 1.54) is 0 Å². The van der Waals surface area contributed by atoms with Gasteiger partial charge in [-0.05, 0) is 34.5 Å². The molecule has 1 fully saturated rings. The van der Waals surface area contributed by atoms with Crippen LogP contribution in [0.4, 0.5) is 5.69 Å². The van der Waals surface area contributed by atoms with Crippen molar-refractivity contribution >= 4 is 43.3 Å². The van der Waals surface area contributed by atoms with Crippen molar-refractivity contribution in [2.24, 2.45) is 5.92 Å². The average Bonchev–Trinajstić information content (AvgIpc) is 2.79. The fourth-order valence-electron chi connectivity index (χ4n) is 2.07. The second-order valence-corrected chi connectivity index (χ2v) is 7.93. The van der Waals surface area contributed by atoms with Crippen molar-refractivity contribution < 1.29 is 18.0 Å². The monoisotopic (exact) mass is 374 g/mol. The number of sulfone groups is 1. The number of nitrogens with one attached hydrogen (secondary N) is 2. The highest BCUT2D eigenvalue weighted by Gasteiger charge is 2.32. The molecule has 0 saturated carbocycles. The third-order valence-corrected chi connectivity index (χ3v) is 5.63. The number of amides is 2. The highest BCUT2D eigenvalue weighted by Crippen LogP contribution is 2.21. The SMILES string of the molecule is O=C(CNC(=O)[C@@H]1CCS(=O)(=O)C1)Nc1ccccc1Br. The van der Waals surface area contributed by atoms with Gasteiger partial charge >= 0.3 is 0 Å². The summed E-state index contributed by atoms with van der Waals surface area (Å²) in [5, 5.41) is 5.12. The first kappa shape index (κ1) is 16.0. The lowest BCUT2D eigenvalue weighted by Gasteiger charge is -2.10. The minimum Gasteiger partial charge on any atom is -0.347 e. The number of benzene rings is 1. The van der Waals surface area contributed by atoms with Gasteiger partial charge in [0.05, 0.1) is 29.7 Å². The van der Waals surface area contributed by atoms with Gasteiger partial charge in [0.25, 0.3) is 0 Å². The first-order valence-electron chi connectivity index (χ1n) is 6.40. The van der Waals surface area contributed by atoms with Crippen LogP contribution in [0.15, 0.2) is 28.7 Å². The second kappa shape index (κ2) is 6.57. The van der Waals surface area contributed by atoms with Crippen molar-refractivity contribution in [3.8, 4) is 0 Å². The summed E-state index contributed by atoms with van der Waals surface area (Å²) in [5.74, 6) is -1.40. The van der Waals surface area contributed by atoms with Gasteiger partial charge in [0.1, 0.15) is 0 Å². The van der Waals surface area contributed by atoms with Gasteiger partial charge < -0.3 is 10.6 Å². The Bertz CT molecular complexity index is 660. The van der Waals surface area contributed by atoms with Crippen LogP contribution in [0.2, 0.25) is 0 Å². The van der Waals surface area contributed by atoms with Crippen LogP contribution in [0.25, 0.3) is 0 Å². The molecule has 1 aliphatic rings. The predicted molar refractivity (Wildman–Crippen MR) is 82.5 cm³/mol. The van der Waals surface area contributed by atoms with Crippen LogP contribution in [0, 0.1) is 5.92 Å². The molecule has 1 aliphatic heterocycles. The molecule has 8 heteroatoms. The van der Waals surface area contributed by atoms with Crippen LogP contribution in [0.1, 0.15) is 6.42 Å². The maximum Gasteiger partial charge on any atom is 0.243 e. The van der Waals surface area contributed by atoms with Crippen LogP contribution in [0.3, 0.4) is 0 Å². The maximum absolute atomic E-state index is 11.8. The number of carbonyl (C=O) groups excluding carboxylic acids is 2. The summed E-state index contributed by atoms with van der Waals surface area (Å²) in [4.78, 5) is 23.5. The maximum atomic E-state index is 11.8. The van der Waals surface area contributed by atoms with Crippen molar-refractivity contribution in [1.29, 1.82) is 0 Å². The molecule has 21 heavy (non-hydrogen) atoms. The molecule has 1 saturated heterocycles. The summed E-state index contributed by atoms with van der Waals surface area (Å²) < 4.78 is 23.3. The zero-order valence-corrected chi connectivity index (χ0v) is 13.5. The van der Waals surface area contributed by atoms with Crippen LogP contribution in [-0.4, -0.2) is 38.3 Å². The molecule has 1 aromatic rings. The highest BCUT2D eigenvalue weighted by atomic mass is 79.9. The number of carbonyl (C=O) groups is 2. The van der Waals surface area contributed by atoms with Crippen molar-refractivity contribution in [2.45, 2.75) is 6.42 Å². The Hall–Kier alpha value is -1.41. The van der Waals surface area contributed by atoms with Gasteiger partial charge in [-0.15, -0.1) is 0 Å². The molecule has 1 aromatic carbocycles. The summed E-state index contributed by atoms with van der Waals surface area (Å²) in [6.07, 6.45) is 0.319. The third kappa shape index (κ3) is 4.53. The first-order chi connectivity index (χ1) is 9.87. The van der Waals surface area contributed by atoms with E-state index in [4.69, 9.17) is 0 Å². The molecule has 6 nitrogen and oxygen atoms in total. The zero-order chi connectivity index (χ0) is 15.5. The van der Waals surface area contributed by atoms with Crippen LogP contribution < -0.4 is 10.6 Å². The van der Waals surface area contributed by atoms with Gasteiger partial charge in [-0.25, -0.2) is 8.42 Å². The standard InChI is InChI=1S/C13H15BrN2O4S/c14-10-3-1-2-4-11(10)16-12(17)7-15-13(18)9-5-6-21(19,20)8-9/h1-4,9H,5-8H2,(H,15,18)(H,16,17)/t9-/m1/s1. The zero-order valence-electron chi connectivity index (χ0n) is 11.1. The predicted octanol–water partition coefficient (Wildman–Crippen LogP) is 0.939. The number of rotatable bonds is 4. The summed E-state index contributed by atoms with van der Waals surface area (Å²) in [6, 6.07) is 7.12. The Labute approximate surface area is 131 Å². The first-order valence-corrected chi connectivity index (χ1v) is 9.01. The van der Waals surface area contributed by atoms with Gasteiger partial charge in [-0.3, -0.25) is 9.59 Å². The number of halogens is 1. The number of para-hydroxylation sites is 1. The van der Waals surface area contributed by atoms with E-state index < -0.39 is 21.7 Å². The van der Waals surface area contributed by atoms with E-state index in [9.17, 15) is 18.0 Å². The lowest BCUT2D eigenvalue weighted by Crippen LogP contribution is -2.37. The fraction of sp³-hybridized carbons (Fsp3) is 0.385. The van der Waals surface area contributed by atoms with E-state index in [2.05, 4.69) is 26.6 Å². The Morgan fingerprint density at radius 2 is 2.00 bits per heavy atom. The van der Waals surface area contributed by atoms with E-state index in [1.54, 1.807) is 18.2 Å². The minimum absolute atomic E-state index is 0.0360. The molecule has 2 amide bonds. The molecular weight excluding hydrogens is 360 g/mol.